The first kappa shape index (κ1) is 17.6. The molecule has 0 aliphatic heterocycles. The van der Waals surface area contributed by atoms with Crippen molar-refractivity contribution in [2.75, 3.05) is 0 Å². The van der Waals surface area contributed by atoms with Gasteiger partial charge < -0.3 is 4.57 Å². The number of hydrogen-bond acceptors (Lipinski definition) is 4. The van der Waals surface area contributed by atoms with Crippen LogP contribution in [0.3, 0.4) is 0 Å². The van der Waals surface area contributed by atoms with Crippen molar-refractivity contribution in [2.24, 2.45) is 5.14 Å². The molecule has 0 saturated carbocycles. The van der Waals surface area contributed by atoms with E-state index in [4.69, 9.17) is 16.7 Å². The minimum Gasteiger partial charge on any atom is -0.323 e. The predicted octanol–water partition coefficient (Wildman–Crippen LogP) is 2.84. The molecular weight excluding hydrogens is 362 g/mol. The molecule has 1 aromatic heterocycles. The summed E-state index contributed by atoms with van der Waals surface area (Å²) in [5, 5.41) is 5.11. The van der Waals surface area contributed by atoms with Crippen molar-refractivity contribution < 1.29 is 13.2 Å². The standard InChI is InChI=1S/C17H16ClN3O3S/c1-10-5-14-15(6-11(10)2)21(9-20-14)8-16(22)12-3-4-13(18)17(7-12)25(19,23)24/h3-7,9H,8H2,1-2H3,(H2,19,23,24). The zero-order valence-electron chi connectivity index (χ0n) is 13.7. The van der Waals surface area contributed by atoms with Gasteiger partial charge >= 0.3 is 0 Å². The van der Waals surface area contributed by atoms with Crippen molar-refractivity contribution in [2.45, 2.75) is 25.3 Å². The summed E-state index contributed by atoms with van der Waals surface area (Å²) in [4.78, 5) is 16.6. The number of nitrogens with zero attached hydrogens (tertiary/aromatic N) is 2. The van der Waals surface area contributed by atoms with Crippen LogP contribution in [0.1, 0.15) is 21.5 Å². The Kier molecular flexibility index (Phi) is 4.40. The highest BCUT2D eigenvalue weighted by atomic mass is 35.5. The van der Waals surface area contributed by atoms with Gasteiger partial charge in [-0.3, -0.25) is 4.79 Å². The number of hydrogen-bond donors (Lipinski definition) is 1. The van der Waals surface area contributed by atoms with Gasteiger partial charge in [0.2, 0.25) is 10.0 Å². The van der Waals surface area contributed by atoms with Gasteiger partial charge in [0.1, 0.15) is 4.90 Å². The molecule has 0 spiro atoms. The Morgan fingerprint density at radius 2 is 1.88 bits per heavy atom. The number of benzene rings is 2. The molecule has 8 heteroatoms. The highest BCUT2D eigenvalue weighted by Crippen LogP contribution is 2.23. The lowest BCUT2D eigenvalue weighted by atomic mass is 10.1. The molecule has 0 fully saturated rings. The van der Waals surface area contributed by atoms with Gasteiger partial charge in [-0.2, -0.15) is 0 Å². The quantitative estimate of drug-likeness (QED) is 0.707. The van der Waals surface area contributed by atoms with Crippen LogP contribution in [-0.2, 0) is 16.6 Å². The van der Waals surface area contributed by atoms with E-state index in [9.17, 15) is 13.2 Å². The number of nitrogens with two attached hydrogens (primary N) is 1. The number of carbonyl (C=O) groups is 1. The summed E-state index contributed by atoms with van der Waals surface area (Å²) in [6.07, 6.45) is 1.60. The van der Waals surface area contributed by atoms with Crippen LogP contribution < -0.4 is 5.14 Å². The smallest absolute Gasteiger partial charge is 0.239 e. The molecular formula is C17H16ClN3O3S. The van der Waals surface area contributed by atoms with E-state index in [1.165, 1.54) is 18.2 Å². The lowest BCUT2D eigenvalue weighted by molar-refractivity contribution is 0.0973. The van der Waals surface area contributed by atoms with E-state index in [1.807, 2.05) is 26.0 Å². The van der Waals surface area contributed by atoms with Gasteiger partial charge in [0.05, 0.1) is 28.9 Å². The number of fused-ring (bicyclic) bond motifs is 1. The second kappa shape index (κ2) is 6.25. The number of carbonyl (C=O) groups excluding carboxylic acids is 1. The van der Waals surface area contributed by atoms with Gasteiger partial charge in [-0.1, -0.05) is 11.6 Å². The molecule has 0 atom stereocenters. The number of sulfonamides is 1. The van der Waals surface area contributed by atoms with Crippen LogP contribution in [0.25, 0.3) is 11.0 Å². The van der Waals surface area contributed by atoms with Crippen LogP contribution in [0.4, 0.5) is 0 Å². The number of rotatable bonds is 4. The van der Waals surface area contributed by atoms with Gasteiger partial charge in [-0.25, -0.2) is 18.5 Å². The molecule has 25 heavy (non-hydrogen) atoms. The van der Waals surface area contributed by atoms with Crippen LogP contribution in [0, 0.1) is 13.8 Å². The minimum absolute atomic E-state index is 0.0155. The summed E-state index contributed by atoms with van der Waals surface area (Å²) in [6, 6.07) is 7.98. The van der Waals surface area contributed by atoms with Crippen LogP contribution in [0.5, 0.6) is 0 Å². The first-order valence-electron chi connectivity index (χ1n) is 7.44. The molecule has 3 aromatic rings. The van der Waals surface area contributed by atoms with Crippen LogP contribution in [0.2, 0.25) is 5.02 Å². The molecule has 130 valence electrons. The molecule has 6 nitrogen and oxygen atoms in total. The summed E-state index contributed by atoms with van der Waals surface area (Å²) in [5.74, 6) is -0.265. The zero-order valence-corrected chi connectivity index (χ0v) is 15.2. The summed E-state index contributed by atoms with van der Waals surface area (Å²) in [5.41, 5.74) is 4.10. The van der Waals surface area contributed by atoms with Crippen molar-refractivity contribution in [1.82, 2.24) is 9.55 Å². The molecule has 2 N–H and O–H groups in total. The first-order valence-corrected chi connectivity index (χ1v) is 9.37. The van der Waals surface area contributed by atoms with Crippen molar-refractivity contribution in [3.63, 3.8) is 0 Å². The Morgan fingerprint density at radius 3 is 2.56 bits per heavy atom. The molecule has 0 aliphatic rings. The van der Waals surface area contributed by atoms with Crippen molar-refractivity contribution in [1.29, 1.82) is 0 Å². The number of imidazole rings is 1. The number of ketones is 1. The number of Topliss-reactive ketones (excluding diaryl/α,β-unsaturated/α-hetero) is 1. The van der Waals surface area contributed by atoms with E-state index in [-0.39, 0.29) is 27.8 Å². The fourth-order valence-corrected chi connectivity index (χ4v) is 3.65. The highest BCUT2D eigenvalue weighted by molar-refractivity contribution is 7.89. The maximum atomic E-state index is 12.6. The molecule has 0 bridgehead atoms. The Hall–Kier alpha value is -2.22. The van der Waals surface area contributed by atoms with Crippen LogP contribution in [0.15, 0.2) is 41.6 Å². The molecule has 1 heterocycles. The molecule has 0 radical (unpaired) electrons. The molecule has 2 aromatic carbocycles. The van der Waals surface area contributed by atoms with Crippen LogP contribution >= 0.6 is 11.6 Å². The zero-order chi connectivity index (χ0) is 18.4. The molecule has 0 saturated heterocycles. The second-order valence-corrected chi connectivity index (χ2v) is 7.85. The second-order valence-electron chi connectivity index (χ2n) is 5.91. The third-order valence-corrected chi connectivity index (χ3v) is 5.50. The van der Waals surface area contributed by atoms with Gasteiger partial charge in [0, 0.05) is 5.56 Å². The lowest BCUT2D eigenvalue weighted by Gasteiger charge is -2.08. The molecule has 0 amide bonds. The fourth-order valence-electron chi connectivity index (χ4n) is 2.58. The lowest BCUT2D eigenvalue weighted by Crippen LogP contribution is -2.15. The fraction of sp³-hybridized carbons (Fsp3) is 0.176. The van der Waals surface area contributed by atoms with Crippen molar-refractivity contribution in [3.05, 3.63) is 58.4 Å². The third-order valence-electron chi connectivity index (χ3n) is 4.11. The topological polar surface area (TPSA) is 95.0 Å². The van der Waals surface area contributed by atoms with E-state index in [2.05, 4.69) is 4.98 Å². The van der Waals surface area contributed by atoms with Gasteiger partial charge in [-0.05, 0) is 55.3 Å². The summed E-state index contributed by atoms with van der Waals surface area (Å²) >= 11 is 5.85. The summed E-state index contributed by atoms with van der Waals surface area (Å²) in [6.45, 7) is 4.03. The van der Waals surface area contributed by atoms with Gasteiger partial charge in [0.15, 0.2) is 5.78 Å². The van der Waals surface area contributed by atoms with Gasteiger partial charge in [-0.15, -0.1) is 0 Å². The number of halogens is 1. The first-order chi connectivity index (χ1) is 11.7. The van der Waals surface area contributed by atoms with Gasteiger partial charge in [0.25, 0.3) is 0 Å². The SMILES string of the molecule is Cc1cc2ncn(CC(=O)c3ccc(Cl)c(S(N)(=O)=O)c3)c2cc1C. The van der Waals surface area contributed by atoms with E-state index in [0.29, 0.717) is 0 Å². The molecule has 3 rings (SSSR count). The molecule has 0 aliphatic carbocycles. The van der Waals surface area contributed by atoms with Crippen LogP contribution in [-0.4, -0.2) is 23.8 Å². The molecule has 0 unspecified atom stereocenters. The maximum Gasteiger partial charge on any atom is 0.239 e. The van der Waals surface area contributed by atoms with E-state index in [1.54, 1.807) is 10.9 Å². The van der Waals surface area contributed by atoms with E-state index in [0.717, 1.165) is 22.2 Å². The summed E-state index contributed by atoms with van der Waals surface area (Å²) < 4.78 is 24.8. The highest BCUT2D eigenvalue weighted by Gasteiger charge is 2.17. The van der Waals surface area contributed by atoms with Crippen molar-refractivity contribution >= 4 is 38.4 Å². The third kappa shape index (κ3) is 3.44. The van der Waals surface area contributed by atoms with E-state index < -0.39 is 10.0 Å². The Balaban J connectivity index is 1.97. The number of primary sulfonamides is 1. The minimum atomic E-state index is -4.00. The van der Waals surface area contributed by atoms with Crippen molar-refractivity contribution in [3.8, 4) is 0 Å². The van der Waals surface area contributed by atoms with E-state index >= 15 is 0 Å². The average Bonchev–Trinajstić information content (AvgIpc) is 2.89. The maximum absolute atomic E-state index is 12.6. The average molecular weight is 378 g/mol. The number of aryl methyl sites for hydroxylation is 2. The Labute approximate surface area is 150 Å². The predicted molar refractivity (Wildman–Crippen MR) is 96.4 cm³/mol. The monoisotopic (exact) mass is 377 g/mol. The Morgan fingerprint density at radius 1 is 1.20 bits per heavy atom. The summed E-state index contributed by atoms with van der Waals surface area (Å²) in [7, 11) is -4.00. The Bertz CT molecular complexity index is 1100. The normalized spacial score (nSPS) is 11.8. The largest absolute Gasteiger partial charge is 0.323 e. The number of aromatic nitrogens is 2.